The normalized spacial score (nSPS) is 13.2. The van der Waals surface area contributed by atoms with Crippen molar-refractivity contribution >= 4 is 11.9 Å². The molecule has 2 atom stereocenters. The van der Waals surface area contributed by atoms with Gasteiger partial charge in [-0.05, 0) is 12.0 Å². The highest BCUT2D eigenvalue weighted by atomic mass is 16.4. The predicted molar refractivity (Wildman–Crippen MR) is 99.7 cm³/mol. The molecule has 0 aliphatic carbocycles. The molecule has 0 fully saturated rings. The van der Waals surface area contributed by atoms with Crippen LogP contribution in [0.15, 0.2) is 47.5 Å². The highest BCUT2D eigenvalue weighted by Gasteiger charge is 2.26. The minimum absolute atomic E-state index is 0.147. The van der Waals surface area contributed by atoms with Gasteiger partial charge in [-0.25, -0.2) is 4.79 Å². The largest absolute Gasteiger partial charge is 0.480 e. The van der Waals surface area contributed by atoms with Crippen LogP contribution in [-0.2, 0) is 22.7 Å². The van der Waals surface area contributed by atoms with Crippen molar-refractivity contribution in [1.82, 2.24) is 14.5 Å². The molecule has 0 amide bonds. The minimum Gasteiger partial charge on any atom is -0.480 e. The second kappa shape index (κ2) is 9.72. The molecule has 1 heterocycles. The molecular weight excluding hydrogens is 350 g/mol. The van der Waals surface area contributed by atoms with E-state index in [1.54, 1.807) is 6.20 Å². The minimum atomic E-state index is -1.19. The first-order chi connectivity index (χ1) is 12.9. The zero-order valence-corrected chi connectivity index (χ0v) is 15.2. The van der Waals surface area contributed by atoms with Crippen LogP contribution in [0.4, 0.5) is 0 Å². The van der Waals surface area contributed by atoms with Gasteiger partial charge in [0, 0.05) is 12.4 Å². The first kappa shape index (κ1) is 20.4. The van der Waals surface area contributed by atoms with Gasteiger partial charge in [-0.15, -0.1) is 0 Å². The molecule has 3 N–H and O–H groups in total. The third-order valence-electron chi connectivity index (χ3n) is 4.34. The van der Waals surface area contributed by atoms with E-state index in [9.17, 15) is 24.6 Å². The number of aliphatic carboxylic acids is 2. The highest BCUT2D eigenvalue weighted by Crippen LogP contribution is 2.05. The second-order valence-electron chi connectivity index (χ2n) is 6.44. The number of nitrogens with zero attached hydrogens (tertiary/aromatic N) is 2. The van der Waals surface area contributed by atoms with Crippen molar-refractivity contribution in [3.05, 3.63) is 58.8 Å². The van der Waals surface area contributed by atoms with Gasteiger partial charge in [-0.1, -0.05) is 50.1 Å². The lowest BCUT2D eigenvalue weighted by molar-refractivity contribution is -0.143. The van der Waals surface area contributed by atoms with E-state index in [0.29, 0.717) is 19.4 Å². The fraction of sp³-hybridized carbons (Fsp3) is 0.421. The number of rotatable bonds is 11. The molecule has 0 bridgehead atoms. The quantitative estimate of drug-likeness (QED) is 0.547. The lowest BCUT2D eigenvalue weighted by Crippen LogP contribution is -2.50. The van der Waals surface area contributed by atoms with Gasteiger partial charge in [0.05, 0.1) is 13.1 Å². The van der Waals surface area contributed by atoms with Crippen molar-refractivity contribution in [2.24, 2.45) is 0 Å². The van der Waals surface area contributed by atoms with Crippen LogP contribution in [0.1, 0.15) is 31.7 Å². The molecule has 0 aliphatic rings. The van der Waals surface area contributed by atoms with Gasteiger partial charge < -0.3 is 10.2 Å². The van der Waals surface area contributed by atoms with Crippen LogP contribution in [0.2, 0.25) is 0 Å². The summed E-state index contributed by atoms with van der Waals surface area (Å²) in [5, 5.41) is 21.4. The summed E-state index contributed by atoms with van der Waals surface area (Å²) in [4.78, 5) is 35.4. The molecular formula is C19H25N3O5. The summed E-state index contributed by atoms with van der Waals surface area (Å²) >= 11 is 0. The van der Waals surface area contributed by atoms with Gasteiger partial charge in [0.2, 0.25) is 0 Å². The molecule has 2 unspecified atom stereocenters. The van der Waals surface area contributed by atoms with Crippen LogP contribution in [0, 0.1) is 0 Å². The number of unbranched alkanes of at least 4 members (excludes halogenated alkanes) is 1. The molecule has 2 rings (SSSR count). The second-order valence-corrected chi connectivity index (χ2v) is 6.44. The van der Waals surface area contributed by atoms with Crippen molar-refractivity contribution in [3.8, 4) is 0 Å². The number of carbonyl (C=O) groups is 2. The molecule has 0 saturated heterocycles. The molecule has 0 radical (unpaired) electrons. The molecule has 0 saturated carbocycles. The highest BCUT2D eigenvalue weighted by molar-refractivity contribution is 5.77. The molecule has 0 aliphatic heterocycles. The van der Waals surface area contributed by atoms with E-state index in [2.05, 4.69) is 5.32 Å². The van der Waals surface area contributed by atoms with Crippen molar-refractivity contribution in [1.29, 1.82) is 0 Å². The Balaban J connectivity index is 2.11. The van der Waals surface area contributed by atoms with E-state index in [1.807, 2.05) is 37.3 Å². The van der Waals surface area contributed by atoms with Crippen LogP contribution >= 0.6 is 0 Å². The van der Waals surface area contributed by atoms with E-state index >= 15 is 0 Å². The molecule has 1 aromatic heterocycles. The molecule has 0 spiro atoms. The smallest absolute Gasteiger partial charge is 0.328 e. The van der Waals surface area contributed by atoms with Crippen LogP contribution in [-0.4, -0.2) is 43.4 Å². The first-order valence-corrected chi connectivity index (χ1v) is 8.93. The van der Waals surface area contributed by atoms with Gasteiger partial charge in [0.25, 0.3) is 0 Å². The summed E-state index contributed by atoms with van der Waals surface area (Å²) in [6, 6.07) is 7.31. The van der Waals surface area contributed by atoms with Gasteiger partial charge in [-0.2, -0.15) is 0 Å². The average Bonchev–Trinajstić information content (AvgIpc) is 2.98. The van der Waals surface area contributed by atoms with Crippen molar-refractivity contribution in [3.63, 3.8) is 0 Å². The Hall–Kier alpha value is -2.87. The molecule has 8 heteroatoms. The van der Waals surface area contributed by atoms with E-state index in [0.717, 1.165) is 12.0 Å². The lowest BCUT2D eigenvalue weighted by atomic mass is 10.1. The molecule has 27 heavy (non-hydrogen) atoms. The monoisotopic (exact) mass is 375 g/mol. The van der Waals surface area contributed by atoms with Gasteiger partial charge >= 0.3 is 17.6 Å². The van der Waals surface area contributed by atoms with E-state index in [-0.39, 0.29) is 12.2 Å². The average molecular weight is 375 g/mol. The SMILES string of the molecule is CCCCC(NC(Cn1ccn(Cc2ccccc2)c1=O)C(=O)O)C(=O)O. The molecule has 146 valence electrons. The van der Waals surface area contributed by atoms with Crippen molar-refractivity contribution in [2.75, 3.05) is 0 Å². The topological polar surface area (TPSA) is 114 Å². The molecule has 2 aromatic rings. The van der Waals surface area contributed by atoms with Crippen LogP contribution in [0.5, 0.6) is 0 Å². The number of aromatic nitrogens is 2. The van der Waals surface area contributed by atoms with Gasteiger partial charge in [0.15, 0.2) is 0 Å². The summed E-state index contributed by atoms with van der Waals surface area (Å²) in [5.41, 5.74) is 0.614. The fourth-order valence-corrected chi connectivity index (χ4v) is 2.82. The van der Waals surface area contributed by atoms with E-state index in [1.165, 1.54) is 15.3 Å². The zero-order valence-electron chi connectivity index (χ0n) is 15.2. The van der Waals surface area contributed by atoms with Gasteiger partial charge in [0.1, 0.15) is 12.1 Å². The van der Waals surface area contributed by atoms with E-state index in [4.69, 9.17) is 0 Å². The van der Waals surface area contributed by atoms with Crippen LogP contribution in [0.25, 0.3) is 0 Å². The summed E-state index contributed by atoms with van der Waals surface area (Å²) in [7, 11) is 0. The Labute approximate surface area is 157 Å². The zero-order chi connectivity index (χ0) is 19.8. The summed E-state index contributed by atoms with van der Waals surface area (Å²) < 4.78 is 2.77. The van der Waals surface area contributed by atoms with Gasteiger partial charge in [-0.3, -0.25) is 24.0 Å². The van der Waals surface area contributed by atoms with E-state index < -0.39 is 24.0 Å². The summed E-state index contributed by atoms with van der Waals surface area (Å²) in [6.45, 7) is 2.17. The maximum Gasteiger partial charge on any atom is 0.328 e. The number of carboxylic acid groups (broad SMARTS) is 2. The Morgan fingerprint density at radius 1 is 1.04 bits per heavy atom. The Morgan fingerprint density at radius 2 is 1.67 bits per heavy atom. The standard InChI is InChI=1S/C19H25N3O5/c1-2-3-9-15(17(23)24)20-16(18(25)26)13-22-11-10-21(19(22)27)12-14-7-5-4-6-8-14/h4-8,10-11,15-16,20H,2-3,9,12-13H2,1H3,(H,23,24)(H,25,26). The number of imidazole rings is 1. The fourth-order valence-electron chi connectivity index (χ4n) is 2.82. The van der Waals surface area contributed by atoms with Crippen LogP contribution < -0.4 is 11.0 Å². The molecule has 8 nitrogen and oxygen atoms in total. The number of nitrogens with one attached hydrogen (secondary N) is 1. The third-order valence-corrected chi connectivity index (χ3v) is 4.34. The summed E-state index contributed by atoms with van der Waals surface area (Å²) in [6.07, 6.45) is 4.93. The van der Waals surface area contributed by atoms with Crippen LogP contribution in [0.3, 0.4) is 0 Å². The van der Waals surface area contributed by atoms with Crippen molar-refractivity contribution in [2.45, 2.75) is 51.4 Å². The Bertz CT molecular complexity index is 812. The number of hydrogen-bond acceptors (Lipinski definition) is 4. The summed E-state index contributed by atoms with van der Waals surface area (Å²) in [5.74, 6) is -2.29. The number of hydrogen-bond donors (Lipinski definition) is 3. The maximum absolute atomic E-state index is 12.5. The first-order valence-electron chi connectivity index (χ1n) is 8.93. The Kier molecular flexibility index (Phi) is 7.36. The predicted octanol–water partition coefficient (Wildman–Crippen LogP) is 1.38. The third kappa shape index (κ3) is 5.82. The maximum atomic E-state index is 12.5. The number of benzene rings is 1. The lowest BCUT2D eigenvalue weighted by Gasteiger charge is -2.20. The van der Waals surface area contributed by atoms with Crippen molar-refractivity contribution < 1.29 is 19.8 Å². The molecule has 1 aromatic carbocycles. The number of carboxylic acids is 2. The Morgan fingerprint density at radius 3 is 2.26 bits per heavy atom.